The molecule has 19 heavy (non-hydrogen) atoms. The fourth-order valence-electron chi connectivity index (χ4n) is 1.69. The maximum atomic E-state index is 11.7. The molecule has 0 aliphatic heterocycles. The second-order valence-electron chi connectivity index (χ2n) is 3.95. The molecule has 0 aliphatic carbocycles. The maximum Gasteiger partial charge on any atom is 0.235 e. The van der Waals surface area contributed by atoms with Crippen LogP contribution in [0.25, 0.3) is 0 Å². The number of aromatic nitrogens is 2. The molecule has 0 spiro atoms. The number of nitrogens with two attached hydrogens (primary N) is 1. The van der Waals surface area contributed by atoms with Gasteiger partial charge in [-0.3, -0.25) is 4.79 Å². The van der Waals surface area contributed by atoms with Crippen LogP contribution >= 0.6 is 27.7 Å². The van der Waals surface area contributed by atoms with Crippen LogP contribution in [0.1, 0.15) is 17.7 Å². The number of imidazole rings is 1. The van der Waals surface area contributed by atoms with Gasteiger partial charge < -0.3 is 10.3 Å². The zero-order valence-electron chi connectivity index (χ0n) is 10.4. The quantitative estimate of drug-likeness (QED) is 0.851. The average molecular weight is 340 g/mol. The predicted octanol–water partition coefficient (Wildman–Crippen LogP) is 2.98. The van der Waals surface area contributed by atoms with Crippen molar-refractivity contribution < 1.29 is 4.79 Å². The number of aryl methyl sites for hydroxylation is 1. The Morgan fingerprint density at radius 2 is 2.16 bits per heavy atom. The van der Waals surface area contributed by atoms with Crippen LogP contribution in [0.15, 0.2) is 46.3 Å². The highest BCUT2D eigenvalue weighted by Crippen LogP contribution is 2.34. The van der Waals surface area contributed by atoms with Crippen molar-refractivity contribution >= 4 is 33.6 Å². The normalized spacial score (nSPS) is 12.3. The second kappa shape index (κ2) is 6.25. The minimum Gasteiger partial charge on any atom is -0.368 e. The first-order valence-corrected chi connectivity index (χ1v) is 7.51. The van der Waals surface area contributed by atoms with Crippen LogP contribution < -0.4 is 5.73 Å². The zero-order valence-corrected chi connectivity index (χ0v) is 12.8. The van der Waals surface area contributed by atoms with E-state index in [2.05, 4.69) is 20.9 Å². The Morgan fingerprint density at radius 3 is 2.74 bits per heavy atom. The molecule has 0 fully saturated rings. The van der Waals surface area contributed by atoms with E-state index in [1.807, 2.05) is 42.0 Å². The molecule has 0 bridgehead atoms. The van der Waals surface area contributed by atoms with Crippen molar-refractivity contribution in [3.63, 3.8) is 0 Å². The highest BCUT2D eigenvalue weighted by molar-refractivity contribution is 9.10. The van der Waals surface area contributed by atoms with Crippen LogP contribution in [-0.4, -0.2) is 15.5 Å². The monoisotopic (exact) mass is 339 g/mol. The molecule has 0 saturated heterocycles. The van der Waals surface area contributed by atoms with Crippen LogP contribution in [0.5, 0.6) is 0 Å². The van der Waals surface area contributed by atoms with Gasteiger partial charge in [-0.2, -0.15) is 0 Å². The number of nitrogens with zero attached hydrogens (tertiary/aromatic N) is 2. The first-order valence-electron chi connectivity index (χ1n) is 5.84. The Morgan fingerprint density at radius 1 is 1.47 bits per heavy atom. The summed E-state index contributed by atoms with van der Waals surface area (Å²) in [7, 11) is 0. The SMILES string of the molecule is CCn1ccnc1S[C@H](C(N)=O)c1ccc(Br)cc1. The van der Waals surface area contributed by atoms with Crippen molar-refractivity contribution in [3.8, 4) is 0 Å². The highest BCUT2D eigenvalue weighted by Gasteiger charge is 2.21. The lowest BCUT2D eigenvalue weighted by atomic mass is 10.1. The van der Waals surface area contributed by atoms with Crippen molar-refractivity contribution in [2.75, 3.05) is 0 Å². The standard InChI is InChI=1S/C13H14BrN3OS/c1-2-17-8-7-16-13(17)19-11(12(15)18)9-3-5-10(14)6-4-9/h3-8,11H,2H2,1H3,(H2,15,18)/t11-/m0/s1. The van der Waals surface area contributed by atoms with E-state index in [1.54, 1.807) is 6.20 Å². The molecule has 6 heteroatoms. The third-order valence-corrected chi connectivity index (χ3v) is 4.49. The summed E-state index contributed by atoms with van der Waals surface area (Å²) < 4.78 is 2.96. The van der Waals surface area contributed by atoms with Crippen molar-refractivity contribution in [2.45, 2.75) is 23.9 Å². The number of benzene rings is 1. The molecule has 0 aliphatic rings. The predicted molar refractivity (Wildman–Crippen MR) is 79.8 cm³/mol. The van der Waals surface area contributed by atoms with Gasteiger partial charge in [0.2, 0.25) is 5.91 Å². The third-order valence-electron chi connectivity index (χ3n) is 2.67. The molecule has 4 nitrogen and oxygen atoms in total. The fraction of sp³-hybridized carbons (Fsp3) is 0.231. The van der Waals surface area contributed by atoms with Gasteiger partial charge in [-0.05, 0) is 24.6 Å². The number of carbonyl (C=O) groups excluding carboxylic acids is 1. The topological polar surface area (TPSA) is 60.9 Å². The molecule has 2 aromatic rings. The van der Waals surface area contributed by atoms with Gasteiger partial charge in [-0.25, -0.2) is 4.98 Å². The van der Waals surface area contributed by atoms with E-state index >= 15 is 0 Å². The van der Waals surface area contributed by atoms with Crippen LogP contribution in [0.3, 0.4) is 0 Å². The molecular weight excluding hydrogens is 326 g/mol. The van der Waals surface area contributed by atoms with Gasteiger partial charge in [0, 0.05) is 23.4 Å². The van der Waals surface area contributed by atoms with E-state index in [0.29, 0.717) is 0 Å². The fourth-order valence-corrected chi connectivity index (χ4v) is 3.02. The largest absolute Gasteiger partial charge is 0.368 e. The third kappa shape index (κ3) is 3.39. The maximum absolute atomic E-state index is 11.7. The van der Waals surface area contributed by atoms with Crippen LogP contribution in [-0.2, 0) is 11.3 Å². The van der Waals surface area contributed by atoms with E-state index in [9.17, 15) is 4.79 Å². The van der Waals surface area contributed by atoms with Crippen molar-refractivity contribution in [3.05, 3.63) is 46.7 Å². The summed E-state index contributed by atoms with van der Waals surface area (Å²) in [5, 5.41) is 0.370. The molecule has 0 saturated carbocycles. The van der Waals surface area contributed by atoms with Crippen molar-refractivity contribution in [1.82, 2.24) is 9.55 Å². The molecule has 0 radical (unpaired) electrons. The Kier molecular flexibility index (Phi) is 4.66. The summed E-state index contributed by atoms with van der Waals surface area (Å²) in [5.74, 6) is -0.363. The minimum absolute atomic E-state index is 0.363. The molecule has 2 rings (SSSR count). The van der Waals surface area contributed by atoms with Gasteiger partial charge in [-0.1, -0.05) is 39.8 Å². The number of primary amides is 1. The smallest absolute Gasteiger partial charge is 0.235 e. The van der Waals surface area contributed by atoms with Crippen molar-refractivity contribution in [1.29, 1.82) is 0 Å². The van der Waals surface area contributed by atoms with Gasteiger partial charge in [0.25, 0.3) is 0 Å². The molecule has 0 unspecified atom stereocenters. The Balaban J connectivity index is 2.26. The van der Waals surface area contributed by atoms with E-state index < -0.39 is 5.25 Å². The van der Waals surface area contributed by atoms with Crippen LogP contribution in [0.2, 0.25) is 0 Å². The number of rotatable bonds is 5. The van der Waals surface area contributed by atoms with E-state index in [1.165, 1.54) is 11.8 Å². The number of amides is 1. The lowest BCUT2D eigenvalue weighted by molar-refractivity contribution is -0.117. The van der Waals surface area contributed by atoms with Gasteiger partial charge in [0.05, 0.1) is 0 Å². The van der Waals surface area contributed by atoms with E-state index in [0.717, 1.165) is 21.7 Å². The molecule has 1 amide bonds. The number of carbonyl (C=O) groups is 1. The Labute approximate surface area is 124 Å². The number of hydrogen-bond donors (Lipinski definition) is 1. The van der Waals surface area contributed by atoms with Gasteiger partial charge in [-0.15, -0.1) is 0 Å². The Hall–Kier alpha value is -1.27. The molecule has 1 aromatic heterocycles. The molecular formula is C13H14BrN3OS. The summed E-state index contributed by atoms with van der Waals surface area (Å²) in [6.07, 6.45) is 3.62. The molecule has 1 atom stereocenters. The molecule has 100 valence electrons. The summed E-state index contributed by atoms with van der Waals surface area (Å²) in [5.41, 5.74) is 6.39. The van der Waals surface area contributed by atoms with Crippen LogP contribution in [0.4, 0.5) is 0 Å². The minimum atomic E-state index is -0.430. The number of thioether (sulfide) groups is 1. The zero-order chi connectivity index (χ0) is 13.8. The van der Waals surface area contributed by atoms with Crippen molar-refractivity contribution in [2.24, 2.45) is 5.73 Å². The van der Waals surface area contributed by atoms with Gasteiger partial charge >= 0.3 is 0 Å². The van der Waals surface area contributed by atoms with Gasteiger partial charge in [0.1, 0.15) is 5.25 Å². The number of hydrogen-bond acceptors (Lipinski definition) is 3. The first-order chi connectivity index (χ1) is 9.11. The molecule has 1 aromatic carbocycles. The Bertz CT molecular complexity index is 568. The van der Waals surface area contributed by atoms with Gasteiger partial charge in [0.15, 0.2) is 5.16 Å². The highest BCUT2D eigenvalue weighted by atomic mass is 79.9. The molecule has 2 N–H and O–H groups in total. The lowest BCUT2D eigenvalue weighted by Gasteiger charge is -2.13. The number of halogens is 1. The summed E-state index contributed by atoms with van der Waals surface area (Å²) >= 11 is 4.75. The van der Waals surface area contributed by atoms with Crippen LogP contribution in [0, 0.1) is 0 Å². The summed E-state index contributed by atoms with van der Waals surface area (Å²) in [6, 6.07) is 7.59. The van der Waals surface area contributed by atoms with E-state index in [4.69, 9.17) is 5.73 Å². The van der Waals surface area contributed by atoms with E-state index in [-0.39, 0.29) is 5.91 Å². The summed E-state index contributed by atoms with van der Waals surface area (Å²) in [4.78, 5) is 15.9. The average Bonchev–Trinajstić information content (AvgIpc) is 2.84. The summed E-state index contributed by atoms with van der Waals surface area (Å²) in [6.45, 7) is 2.85. The molecule has 1 heterocycles. The lowest BCUT2D eigenvalue weighted by Crippen LogP contribution is -2.19. The second-order valence-corrected chi connectivity index (χ2v) is 5.94. The first kappa shape index (κ1) is 14.1.